The summed E-state index contributed by atoms with van der Waals surface area (Å²) in [5, 5.41) is 11.6. The van der Waals surface area contributed by atoms with E-state index in [4.69, 9.17) is 0 Å². The molecule has 3 aromatic rings. The molecule has 2 aromatic carbocycles. The number of rotatable bonds is 5. The number of imide groups is 1. The summed E-state index contributed by atoms with van der Waals surface area (Å²) in [6.45, 7) is 1.93. The number of hydrogen-bond donors (Lipinski definition) is 1. The van der Waals surface area contributed by atoms with Crippen LogP contribution in [0, 0.1) is 6.92 Å². The smallest absolute Gasteiger partial charge is 0.247 e. The highest BCUT2D eigenvalue weighted by Gasteiger charge is 2.40. The second-order valence-corrected chi connectivity index (χ2v) is 8.51. The fourth-order valence-electron chi connectivity index (χ4n) is 2.81. The zero-order valence-corrected chi connectivity index (χ0v) is 16.1. The molecule has 1 saturated heterocycles. The summed E-state index contributed by atoms with van der Waals surface area (Å²) in [5.41, 5.74) is 2.55. The number of anilines is 3. The van der Waals surface area contributed by atoms with Crippen LogP contribution in [0.2, 0.25) is 0 Å². The predicted octanol–water partition coefficient (Wildman–Crippen LogP) is 4.01. The third-order valence-electron chi connectivity index (χ3n) is 4.04. The molecule has 1 aliphatic heterocycles. The van der Waals surface area contributed by atoms with Crippen LogP contribution >= 0.6 is 23.1 Å². The van der Waals surface area contributed by atoms with Gasteiger partial charge in [-0.25, -0.2) is 4.90 Å². The van der Waals surface area contributed by atoms with E-state index in [9.17, 15) is 9.59 Å². The second-order valence-electron chi connectivity index (χ2n) is 6.08. The summed E-state index contributed by atoms with van der Waals surface area (Å²) in [6.07, 6.45) is 0.165. The van der Waals surface area contributed by atoms with Crippen LogP contribution in [0.25, 0.3) is 0 Å². The van der Waals surface area contributed by atoms with Crippen molar-refractivity contribution in [1.29, 1.82) is 0 Å². The Morgan fingerprint density at radius 2 is 1.93 bits per heavy atom. The zero-order chi connectivity index (χ0) is 18.8. The molecule has 27 heavy (non-hydrogen) atoms. The molecule has 4 rings (SSSR count). The molecular weight excluding hydrogens is 380 g/mol. The SMILES string of the molecule is Cc1cccc(N2C(=O)CC(Sc3nnc(Nc4ccccc4)s3)C2=O)c1. The first-order valence-electron chi connectivity index (χ1n) is 8.36. The highest BCUT2D eigenvalue weighted by atomic mass is 32.2. The van der Waals surface area contributed by atoms with Crippen molar-refractivity contribution >= 4 is 51.4 Å². The predicted molar refractivity (Wildman–Crippen MR) is 108 cm³/mol. The van der Waals surface area contributed by atoms with E-state index >= 15 is 0 Å². The Hall–Kier alpha value is -2.71. The molecule has 2 heterocycles. The molecule has 2 amide bonds. The van der Waals surface area contributed by atoms with Crippen LogP contribution in [0.3, 0.4) is 0 Å². The number of aryl methyl sites for hydroxylation is 1. The lowest BCUT2D eigenvalue weighted by Gasteiger charge is -2.15. The number of amides is 2. The van der Waals surface area contributed by atoms with Crippen LogP contribution in [0.15, 0.2) is 58.9 Å². The van der Waals surface area contributed by atoms with Crippen molar-refractivity contribution in [3.8, 4) is 0 Å². The Balaban J connectivity index is 1.46. The lowest BCUT2D eigenvalue weighted by Crippen LogP contribution is -2.31. The average Bonchev–Trinajstić information content (AvgIpc) is 3.20. The summed E-state index contributed by atoms with van der Waals surface area (Å²) in [6, 6.07) is 17.1. The minimum Gasteiger partial charge on any atom is -0.330 e. The van der Waals surface area contributed by atoms with Gasteiger partial charge in [0, 0.05) is 12.1 Å². The van der Waals surface area contributed by atoms with Gasteiger partial charge in [-0.3, -0.25) is 9.59 Å². The van der Waals surface area contributed by atoms with Gasteiger partial charge in [-0.15, -0.1) is 10.2 Å². The van der Waals surface area contributed by atoms with Gasteiger partial charge in [-0.1, -0.05) is 53.4 Å². The Morgan fingerprint density at radius 1 is 1.11 bits per heavy atom. The first-order valence-corrected chi connectivity index (χ1v) is 10.1. The molecule has 1 fully saturated rings. The van der Waals surface area contributed by atoms with Gasteiger partial charge < -0.3 is 5.32 Å². The molecule has 1 atom stereocenters. The molecule has 0 aliphatic carbocycles. The number of aromatic nitrogens is 2. The van der Waals surface area contributed by atoms with Crippen molar-refractivity contribution in [2.75, 3.05) is 10.2 Å². The van der Waals surface area contributed by atoms with E-state index in [1.807, 2.05) is 55.5 Å². The van der Waals surface area contributed by atoms with E-state index < -0.39 is 5.25 Å². The Labute approximate surface area is 164 Å². The maximum absolute atomic E-state index is 12.8. The average molecular weight is 396 g/mol. The lowest BCUT2D eigenvalue weighted by molar-refractivity contribution is -0.121. The van der Waals surface area contributed by atoms with Crippen molar-refractivity contribution in [3.05, 3.63) is 60.2 Å². The molecular formula is C19H16N4O2S2. The van der Waals surface area contributed by atoms with E-state index in [1.54, 1.807) is 6.07 Å². The van der Waals surface area contributed by atoms with Crippen molar-refractivity contribution < 1.29 is 9.59 Å². The molecule has 1 aromatic heterocycles. The third-order valence-corrected chi connectivity index (χ3v) is 6.15. The summed E-state index contributed by atoms with van der Waals surface area (Å²) < 4.78 is 0.658. The molecule has 136 valence electrons. The maximum Gasteiger partial charge on any atom is 0.247 e. The lowest BCUT2D eigenvalue weighted by atomic mass is 10.2. The number of thioether (sulfide) groups is 1. The number of hydrogen-bond acceptors (Lipinski definition) is 7. The monoisotopic (exact) mass is 396 g/mol. The van der Waals surface area contributed by atoms with Crippen LogP contribution in [0.4, 0.5) is 16.5 Å². The van der Waals surface area contributed by atoms with Gasteiger partial charge in [0.2, 0.25) is 16.9 Å². The van der Waals surface area contributed by atoms with Crippen molar-refractivity contribution in [3.63, 3.8) is 0 Å². The van der Waals surface area contributed by atoms with E-state index in [1.165, 1.54) is 28.0 Å². The molecule has 0 spiro atoms. The fraction of sp³-hybridized carbons (Fsp3) is 0.158. The molecule has 1 N–H and O–H groups in total. The normalized spacial score (nSPS) is 16.8. The quantitative estimate of drug-likeness (QED) is 0.657. The minimum atomic E-state index is -0.476. The maximum atomic E-state index is 12.8. The number of carbonyl (C=O) groups is 2. The van der Waals surface area contributed by atoms with Gasteiger partial charge >= 0.3 is 0 Å². The third kappa shape index (κ3) is 3.86. The molecule has 0 radical (unpaired) electrons. The van der Waals surface area contributed by atoms with E-state index in [2.05, 4.69) is 15.5 Å². The van der Waals surface area contributed by atoms with Crippen molar-refractivity contribution in [2.24, 2.45) is 0 Å². The molecule has 6 nitrogen and oxygen atoms in total. The summed E-state index contributed by atoms with van der Waals surface area (Å²) in [5.74, 6) is -0.390. The first kappa shape index (κ1) is 17.7. The fourth-order valence-corrected chi connectivity index (χ4v) is 4.85. The molecule has 8 heteroatoms. The number of benzene rings is 2. The van der Waals surface area contributed by atoms with Crippen molar-refractivity contribution in [1.82, 2.24) is 10.2 Å². The highest BCUT2D eigenvalue weighted by molar-refractivity contribution is 8.02. The van der Waals surface area contributed by atoms with Crippen LogP contribution in [0.5, 0.6) is 0 Å². The van der Waals surface area contributed by atoms with Crippen LogP contribution in [0.1, 0.15) is 12.0 Å². The first-order chi connectivity index (χ1) is 13.1. The molecule has 1 aliphatic rings. The van der Waals surface area contributed by atoms with Crippen LogP contribution < -0.4 is 10.2 Å². The minimum absolute atomic E-state index is 0.165. The van der Waals surface area contributed by atoms with Gasteiger partial charge in [-0.2, -0.15) is 0 Å². The standard InChI is InChI=1S/C19H16N4O2S2/c1-12-6-5-9-14(10-12)23-16(24)11-15(17(23)25)26-19-22-21-18(27-19)20-13-7-3-2-4-8-13/h2-10,15H,11H2,1H3,(H,20,21). The second kappa shape index (κ2) is 7.50. The van der Waals surface area contributed by atoms with Gasteiger partial charge in [-0.05, 0) is 36.8 Å². The summed E-state index contributed by atoms with van der Waals surface area (Å²) >= 11 is 2.65. The highest BCUT2D eigenvalue weighted by Crippen LogP contribution is 2.36. The summed E-state index contributed by atoms with van der Waals surface area (Å²) in [7, 11) is 0. The number of carbonyl (C=O) groups excluding carboxylic acids is 2. The number of nitrogens with zero attached hydrogens (tertiary/aromatic N) is 3. The van der Waals surface area contributed by atoms with E-state index in [0.29, 0.717) is 15.2 Å². The Morgan fingerprint density at radius 3 is 2.70 bits per heavy atom. The van der Waals surface area contributed by atoms with Gasteiger partial charge in [0.25, 0.3) is 0 Å². The van der Waals surface area contributed by atoms with E-state index in [0.717, 1.165) is 11.3 Å². The van der Waals surface area contributed by atoms with Crippen LogP contribution in [-0.4, -0.2) is 27.3 Å². The summed E-state index contributed by atoms with van der Waals surface area (Å²) in [4.78, 5) is 26.4. The van der Waals surface area contributed by atoms with Gasteiger partial charge in [0.05, 0.1) is 5.69 Å². The zero-order valence-electron chi connectivity index (χ0n) is 14.5. The number of nitrogens with one attached hydrogen (secondary N) is 1. The topological polar surface area (TPSA) is 75.2 Å². The molecule has 1 unspecified atom stereocenters. The van der Waals surface area contributed by atoms with E-state index in [-0.39, 0.29) is 18.2 Å². The van der Waals surface area contributed by atoms with Gasteiger partial charge in [0.15, 0.2) is 4.34 Å². The Bertz CT molecular complexity index is 990. The van der Waals surface area contributed by atoms with Gasteiger partial charge in [0.1, 0.15) is 5.25 Å². The largest absolute Gasteiger partial charge is 0.330 e. The molecule has 0 bridgehead atoms. The Kier molecular flexibility index (Phi) is 4.91. The number of para-hydroxylation sites is 1. The van der Waals surface area contributed by atoms with Crippen LogP contribution in [-0.2, 0) is 9.59 Å². The van der Waals surface area contributed by atoms with Crippen molar-refractivity contribution in [2.45, 2.75) is 22.9 Å². The molecule has 0 saturated carbocycles.